The second-order valence-corrected chi connectivity index (χ2v) is 3.97. The number of carbonyl (C=O) groups excluding carboxylic acids is 1. The molecular formula is C10H20N2O. The van der Waals surface area contributed by atoms with Gasteiger partial charge in [0, 0.05) is 12.0 Å². The Labute approximate surface area is 80.1 Å². The van der Waals surface area contributed by atoms with Crippen LogP contribution in [0.15, 0.2) is 0 Å². The fourth-order valence-corrected chi connectivity index (χ4v) is 1.79. The summed E-state index contributed by atoms with van der Waals surface area (Å²) in [4.78, 5) is 11.5. The molecule has 0 bridgehead atoms. The topological polar surface area (TPSA) is 55.1 Å². The van der Waals surface area contributed by atoms with Crippen LogP contribution in [0.3, 0.4) is 0 Å². The van der Waals surface area contributed by atoms with Gasteiger partial charge in [-0.2, -0.15) is 0 Å². The lowest BCUT2D eigenvalue weighted by molar-refractivity contribution is -0.125. The molecule has 0 radical (unpaired) electrons. The number of hydrogen-bond acceptors (Lipinski definition) is 2. The van der Waals surface area contributed by atoms with Gasteiger partial charge in [0.25, 0.3) is 0 Å². The largest absolute Gasteiger partial charge is 0.353 e. The molecule has 13 heavy (non-hydrogen) atoms. The molecule has 0 aliphatic heterocycles. The lowest BCUT2D eigenvalue weighted by atomic mass is 10.1. The molecule has 1 fully saturated rings. The third kappa shape index (κ3) is 3.35. The molecule has 0 aromatic carbocycles. The molecule has 3 nitrogen and oxygen atoms in total. The van der Waals surface area contributed by atoms with Gasteiger partial charge in [-0.3, -0.25) is 4.79 Å². The maximum Gasteiger partial charge on any atom is 0.223 e. The molecule has 1 unspecified atom stereocenters. The van der Waals surface area contributed by atoms with E-state index in [9.17, 15) is 4.79 Å². The molecule has 0 aromatic heterocycles. The van der Waals surface area contributed by atoms with Gasteiger partial charge in [0.05, 0.1) is 0 Å². The van der Waals surface area contributed by atoms with Gasteiger partial charge in [0.15, 0.2) is 0 Å². The molecule has 1 aliphatic carbocycles. The van der Waals surface area contributed by atoms with Crippen LogP contribution in [-0.2, 0) is 4.79 Å². The van der Waals surface area contributed by atoms with Gasteiger partial charge in [-0.1, -0.05) is 19.8 Å². The molecule has 1 aliphatic rings. The second kappa shape index (κ2) is 5.22. The van der Waals surface area contributed by atoms with Crippen LogP contribution in [0.25, 0.3) is 0 Å². The normalized spacial score (nSPS) is 20.2. The van der Waals surface area contributed by atoms with Crippen LogP contribution in [0.5, 0.6) is 0 Å². The maximum absolute atomic E-state index is 11.5. The first-order valence-electron chi connectivity index (χ1n) is 5.24. The van der Waals surface area contributed by atoms with Crippen molar-refractivity contribution in [1.82, 2.24) is 5.32 Å². The number of hydrogen-bond donors (Lipinski definition) is 2. The van der Waals surface area contributed by atoms with Crippen LogP contribution in [-0.4, -0.2) is 18.5 Å². The molecular weight excluding hydrogens is 164 g/mol. The Kier molecular flexibility index (Phi) is 4.22. The second-order valence-electron chi connectivity index (χ2n) is 3.97. The van der Waals surface area contributed by atoms with E-state index in [2.05, 4.69) is 5.32 Å². The smallest absolute Gasteiger partial charge is 0.223 e. The first-order valence-corrected chi connectivity index (χ1v) is 5.24. The van der Waals surface area contributed by atoms with E-state index in [1.54, 1.807) is 0 Å². The van der Waals surface area contributed by atoms with Crippen LogP contribution in [0.1, 0.15) is 39.0 Å². The highest BCUT2D eigenvalue weighted by atomic mass is 16.1. The first kappa shape index (κ1) is 10.5. The van der Waals surface area contributed by atoms with Crippen LogP contribution < -0.4 is 11.1 Å². The quantitative estimate of drug-likeness (QED) is 0.685. The summed E-state index contributed by atoms with van der Waals surface area (Å²) in [5.41, 5.74) is 5.40. The Morgan fingerprint density at radius 1 is 1.54 bits per heavy atom. The average molecular weight is 184 g/mol. The number of rotatable bonds is 4. The molecule has 0 saturated heterocycles. The Balaban J connectivity index is 2.22. The lowest BCUT2D eigenvalue weighted by Gasteiger charge is -2.15. The minimum Gasteiger partial charge on any atom is -0.353 e. The summed E-state index contributed by atoms with van der Waals surface area (Å²) in [5.74, 6) is 0.253. The van der Waals surface area contributed by atoms with E-state index in [1.807, 2.05) is 6.92 Å². The van der Waals surface area contributed by atoms with Crippen molar-refractivity contribution in [3.63, 3.8) is 0 Å². The van der Waals surface area contributed by atoms with Crippen LogP contribution in [0.2, 0.25) is 0 Å². The van der Waals surface area contributed by atoms with Crippen molar-refractivity contribution in [3.05, 3.63) is 0 Å². The molecule has 1 rings (SSSR count). The Hall–Kier alpha value is -0.570. The molecule has 76 valence electrons. The van der Waals surface area contributed by atoms with Gasteiger partial charge >= 0.3 is 0 Å². The lowest BCUT2D eigenvalue weighted by Crippen LogP contribution is -2.37. The highest BCUT2D eigenvalue weighted by Gasteiger charge is 2.19. The molecule has 1 amide bonds. The third-order valence-electron chi connectivity index (χ3n) is 2.75. The predicted octanol–water partition coefficient (Wildman–Crippen LogP) is 1.03. The minimum absolute atomic E-state index is 0.0746. The molecule has 3 N–H and O–H groups in total. The van der Waals surface area contributed by atoms with Crippen molar-refractivity contribution >= 4 is 5.91 Å². The molecule has 0 heterocycles. The average Bonchev–Trinajstić information content (AvgIpc) is 2.57. The van der Waals surface area contributed by atoms with Crippen molar-refractivity contribution in [2.75, 3.05) is 6.54 Å². The van der Waals surface area contributed by atoms with Gasteiger partial charge in [-0.05, 0) is 25.8 Å². The van der Waals surface area contributed by atoms with Crippen molar-refractivity contribution in [2.24, 2.45) is 11.7 Å². The number of nitrogens with one attached hydrogen (secondary N) is 1. The highest BCUT2D eigenvalue weighted by molar-refractivity contribution is 5.78. The monoisotopic (exact) mass is 184 g/mol. The molecule has 3 heteroatoms. The molecule has 1 atom stereocenters. The van der Waals surface area contributed by atoms with Crippen molar-refractivity contribution in [1.29, 1.82) is 0 Å². The van der Waals surface area contributed by atoms with Crippen LogP contribution in [0.4, 0.5) is 0 Å². The standard InChI is InChI=1S/C10H20N2O/c1-8(6-7-11)10(13)12-9-4-2-3-5-9/h8-9H,2-7,11H2,1H3,(H,12,13). The summed E-state index contributed by atoms with van der Waals surface area (Å²) in [5, 5.41) is 3.07. The van der Waals surface area contributed by atoms with Crippen molar-refractivity contribution in [3.8, 4) is 0 Å². The van der Waals surface area contributed by atoms with Gasteiger partial charge in [0.2, 0.25) is 5.91 Å². The number of carbonyl (C=O) groups is 1. The molecule has 0 spiro atoms. The van der Waals surface area contributed by atoms with Gasteiger partial charge in [-0.15, -0.1) is 0 Å². The van der Waals surface area contributed by atoms with E-state index in [0.717, 1.165) is 19.3 Å². The van der Waals surface area contributed by atoms with E-state index in [0.29, 0.717) is 12.6 Å². The van der Waals surface area contributed by atoms with E-state index < -0.39 is 0 Å². The van der Waals surface area contributed by atoms with E-state index >= 15 is 0 Å². The zero-order valence-corrected chi connectivity index (χ0v) is 8.38. The molecule has 0 aromatic rings. The van der Waals surface area contributed by atoms with E-state index in [-0.39, 0.29) is 11.8 Å². The zero-order chi connectivity index (χ0) is 9.68. The van der Waals surface area contributed by atoms with Crippen molar-refractivity contribution < 1.29 is 4.79 Å². The Bertz CT molecular complexity index is 164. The summed E-state index contributed by atoms with van der Waals surface area (Å²) >= 11 is 0. The minimum atomic E-state index is 0.0746. The summed E-state index contributed by atoms with van der Waals surface area (Å²) in [7, 11) is 0. The van der Waals surface area contributed by atoms with Gasteiger partial charge in [-0.25, -0.2) is 0 Å². The molecule has 1 saturated carbocycles. The van der Waals surface area contributed by atoms with Gasteiger partial charge in [0.1, 0.15) is 0 Å². The third-order valence-corrected chi connectivity index (χ3v) is 2.75. The van der Waals surface area contributed by atoms with E-state index in [1.165, 1.54) is 12.8 Å². The highest BCUT2D eigenvalue weighted by Crippen LogP contribution is 2.18. The van der Waals surface area contributed by atoms with Crippen LogP contribution in [0, 0.1) is 5.92 Å². The van der Waals surface area contributed by atoms with Crippen LogP contribution >= 0.6 is 0 Å². The maximum atomic E-state index is 11.5. The summed E-state index contributed by atoms with van der Waals surface area (Å²) in [6, 6.07) is 0.438. The fraction of sp³-hybridized carbons (Fsp3) is 0.900. The zero-order valence-electron chi connectivity index (χ0n) is 8.38. The fourth-order valence-electron chi connectivity index (χ4n) is 1.79. The number of amides is 1. The Morgan fingerprint density at radius 2 is 2.15 bits per heavy atom. The predicted molar refractivity (Wildman–Crippen MR) is 53.2 cm³/mol. The summed E-state index contributed by atoms with van der Waals surface area (Å²) in [6.45, 7) is 2.54. The summed E-state index contributed by atoms with van der Waals surface area (Å²) < 4.78 is 0. The van der Waals surface area contributed by atoms with E-state index in [4.69, 9.17) is 5.73 Å². The van der Waals surface area contributed by atoms with Gasteiger partial charge < -0.3 is 11.1 Å². The first-order chi connectivity index (χ1) is 6.24. The Morgan fingerprint density at radius 3 is 2.69 bits per heavy atom. The summed E-state index contributed by atoms with van der Waals surface area (Å²) in [6.07, 6.45) is 5.62. The van der Waals surface area contributed by atoms with Crippen molar-refractivity contribution in [2.45, 2.75) is 45.1 Å². The number of nitrogens with two attached hydrogens (primary N) is 1. The SMILES string of the molecule is CC(CCN)C(=O)NC1CCCC1.